The Bertz CT molecular complexity index is 890. The van der Waals surface area contributed by atoms with Gasteiger partial charge in [0.2, 0.25) is 0 Å². The normalized spacial score (nSPS) is 11.3. The van der Waals surface area contributed by atoms with Crippen LogP contribution in [-0.4, -0.2) is 17.1 Å². The second-order valence-corrected chi connectivity index (χ2v) is 5.98. The molecule has 0 aliphatic carbocycles. The molecule has 0 aliphatic rings. The van der Waals surface area contributed by atoms with E-state index in [1.165, 1.54) is 16.3 Å². The van der Waals surface area contributed by atoms with Crippen molar-refractivity contribution in [1.29, 1.82) is 0 Å². The molecule has 3 aromatic rings. The number of hydrogen-bond donors (Lipinski definition) is 0. The lowest BCUT2D eigenvalue weighted by Gasteiger charge is -2.14. The number of ether oxygens (including phenoxy) is 1. The van der Waals surface area contributed by atoms with Crippen LogP contribution in [0.1, 0.15) is 41.8 Å². The summed E-state index contributed by atoms with van der Waals surface area (Å²) in [6, 6.07) is 10.6. The summed E-state index contributed by atoms with van der Waals surface area (Å²) in [6.07, 6.45) is 1.89. The number of fused-ring (bicyclic) bond motifs is 3. The summed E-state index contributed by atoms with van der Waals surface area (Å²) in [5.41, 5.74) is 5.16. The van der Waals surface area contributed by atoms with Gasteiger partial charge in [0.05, 0.1) is 17.7 Å². The van der Waals surface area contributed by atoms with Crippen LogP contribution in [0.3, 0.4) is 0 Å². The highest BCUT2D eigenvalue weighted by atomic mass is 16.5. The molecule has 0 N–H and O–H groups in total. The molecule has 1 aromatic heterocycles. The van der Waals surface area contributed by atoms with Gasteiger partial charge in [-0.2, -0.15) is 0 Å². The van der Waals surface area contributed by atoms with Crippen LogP contribution < -0.4 is 0 Å². The Balaban J connectivity index is 2.41. The topological polar surface area (TPSA) is 31.2 Å². The summed E-state index contributed by atoms with van der Waals surface area (Å²) in [6.45, 7) is 6.42. The third-order valence-electron chi connectivity index (χ3n) is 4.51. The van der Waals surface area contributed by atoms with Crippen LogP contribution in [0.25, 0.3) is 21.8 Å². The Kier molecular flexibility index (Phi) is 4.12. The maximum absolute atomic E-state index is 12.5. The van der Waals surface area contributed by atoms with Gasteiger partial charge in [0.25, 0.3) is 0 Å². The van der Waals surface area contributed by atoms with Crippen LogP contribution >= 0.6 is 0 Å². The van der Waals surface area contributed by atoms with Crippen LogP contribution in [0.4, 0.5) is 0 Å². The van der Waals surface area contributed by atoms with Gasteiger partial charge in [-0.25, -0.2) is 4.79 Å². The molecule has 0 saturated heterocycles. The molecular weight excluding hydrogens is 286 g/mol. The molecule has 2 aromatic carbocycles. The van der Waals surface area contributed by atoms with Gasteiger partial charge < -0.3 is 9.30 Å². The molecule has 23 heavy (non-hydrogen) atoms. The van der Waals surface area contributed by atoms with Crippen LogP contribution in [0.15, 0.2) is 30.3 Å². The van der Waals surface area contributed by atoms with E-state index in [0.717, 1.165) is 35.0 Å². The lowest BCUT2D eigenvalue weighted by atomic mass is 9.95. The van der Waals surface area contributed by atoms with Crippen LogP contribution in [0.5, 0.6) is 0 Å². The zero-order valence-electron chi connectivity index (χ0n) is 14.3. The number of rotatable bonds is 4. The molecule has 3 heteroatoms. The van der Waals surface area contributed by atoms with Crippen LogP contribution in [-0.2, 0) is 18.2 Å². The highest BCUT2D eigenvalue weighted by Gasteiger charge is 2.21. The molecule has 3 rings (SSSR count). The molecule has 1 heterocycles. The van der Waals surface area contributed by atoms with Gasteiger partial charge >= 0.3 is 5.97 Å². The fourth-order valence-corrected chi connectivity index (χ4v) is 3.58. The summed E-state index contributed by atoms with van der Waals surface area (Å²) in [4.78, 5) is 12.5. The predicted molar refractivity (Wildman–Crippen MR) is 95.1 cm³/mol. The summed E-state index contributed by atoms with van der Waals surface area (Å²) in [7, 11) is 2.06. The van der Waals surface area contributed by atoms with E-state index in [0.29, 0.717) is 6.61 Å². The molecule has 0 aliphatic heterocycles. The number of aromatic nitrogens is 1. The number of benzene rings is 2. The van der Waals surface area contributed by atoms with Gasteiger partial charge in [-0.05, 0) is 43.5 Å². The second kappa shape index (κ2) is 6.07. The van der Waals surface area contributed by atoms with Gasteiger partial charge in [-0.15, -0.1) is 0 Å². The van der Waals surface area contributed by atoms with Crippen molar-refractivity contribution in [2.24, 2.45) is 7.05 Å². The first kappa shape index (κ1) is 15.6. The summed E-state index contributed by atoms with van der Waals surface area (Å²) >= 11 is 0. The molecule has 0 amide bonds. The molecular formula is C20H23NO2. The number of hydrogen-bond acceptors (Lipinski definition) is 2. The molecule has 0 fully saturated rings. The number of carbonyl (C=O) groups excluding carboxylic acids is 1. The summed E-state index contributed by atoms with van der Waals surface area (Å²) in [5.74, 6) is -0.208. The lowest BCUT2D eigenvalue weighted by Crippen LogP contribution is -2.11. The molecule has 120 valence electrons. The fraction of sp³-hybridized carbons (Fsp3) is 0.350. The Morgan fingerprint density at radius 1 is 1.17 bits per heavy atom. The smallest absolute Gasteiger partial charge is 0.338 e. The highest BCUT2D eigenvalue weighted by molar-refractivity contribution is 6.12. The second-order valence-electron chi connectivity index (χ2n) is 5.98. The molecule has 0 bridgehead atoms. The van der Waals surface area contributed by atoms with Crippen molar-refractivity contribution < 1.29 is 9.53 Å². The monoisotopic (exact) mass is 309 g/mol. The molecule has 0 atom stereocenters. The van der Waals surface area contributed by atoms with E-state index in [2.05, 4.69) is 48.9 Å². The summed E-state index contributed by atoms with van der Waals surface area (Å²) < 4.78 is 7.49. The largest absolute Gasteiger partial charge is 0.462 e. The lowest BCUT2D eigenvalue weighted by molar-refractivity contribution is 0.0524. The SMILES string of the molecule is CCCc1cc2c3ccccc3n(C)c2c(C)c1C(=O)OCC. The minimum atomic E-state index is -0.208. The first-order chi connectivity index (χ1) is 11.1. The van der Waals surface area contributed by atoms with Gasteiger partial charge in [-0.1, -0.05) is 31.5 Å². The number of esters is 1. The van der Waals surface area contributed by atoms with E-state index < -0.39 is 0 Å². The van der Waals surface area contributed by atoms with Gasteiger partial charge in [0, 0.05) is 23.3 Å². The predicted octanol–water partition coefficient (Wildman–Crippen LogP) is 4.77. The highest BCUT2D eigenvalue weighted by Crippen LogP contribution is 2.34. The van der Waals surface area contributed by atoms with Crippen LogP contribution in [0, 0.1) is 6.92 Å². The van der Waals surface area contributed by atoms with Crippen molar-refractivity contribution in [1.82, 2.24) is 4.57 Å². The standard InChI is InChI=1S/C20H23NO2/c1-5-9-14-12-16-15-10-7-8-11-17(15)21(4)19(16)13(3)18(14)20(22)23-6-2/h7-8,10-12H,5-6,9H2,1-4H3. The number of para-hydroxylation sites is 1. The van der Waals surface area contributed by atoms with Crippen molar-refractivity contribution in [3.05, 3.63) is 47.0 Å². The first-order valence-electron chi connectivity index (χ1n) is 8.26. The van der Waals surface area contributed by atoms with Crippen LogP contribution in [0.2, 0.25) is 0 Å². The Morgan fingerprint density at radius 2 is 1.91 bits per heavy atom. The molecule has 0 spiro atoms. The zero-order chi connectivity index (χ0) is 16.6. The Hall–Kier alpha value is -2.29. The van der Waals surface area contributed by atoms with Gasteiger partial charge in [0.15, 0.2) is 0 Å². The van der Waals surface area contributed by atoms with E-state index in [9.17, 15) is 4.79 Å². The van der Waals surface area contributed by atoms with E-state index in [-0.39, 0.29) is 5.97 Å². The third kappa shape index (κ3) is 2.40. The fourth-order valence-electron chi connectivity index (χ4n) is 3.58. The van der Waals surface area contributed by atoms with Gasteiger partial charge in [0.1, 0.15) is 0 Å². The van der Waals surface area contributed by atoms with E-state index in [1.807, 2.05) is 13.8 Å². The quantitative estimate of drug-likeness (QED) is 0.650. The molecule has 3 nitrogen and oxygen atoms in total. The molecule has 0 saturated carbocycles. The molecule has 0 radical (unpaired) electrons. The Labute approximate surface area is 136 Å². The number of carbonyl (C=O) groups is 1. The van der Waals surface area contributed by atoms with Crippen molar-refractivity contribution >= 4 is 27.8 Å². The number of nitrogens with zero attached hydrogens (tertiary/aromatic N) is 1. The van der Waals surface area contributed by atoms with Crippen molar-refractivity contribution in [2.75, 3.05) is 6.61 Å². The Morgan fingerprint density at radius 3 is 2.61 bits per heavy atom. The number of aryl methyl sites for hydroxylation is 3. The van der Waals surface area contributed by atoms with Crippen molar-refractivity contribution in [3.63, 3.8) is 0 Å². The van der Waals surface area contributed by atoms with Crippen molar-refractivity contribution in [3.8, 4) is 0 Å². The average molecular weight is 309 g/mol. The molecule has 0 unspecified atom stereocenters. The van der Waals surface area contributed by atoms with Crippen molar-refractivity contribution in [2.45, 2.75) is 33.6 Å². The maximum atomic E-state index is 12.5. The minimum absolute atomic E-state index is 0.208. The third-order valence-corrected chi connectivity index (χ3v) is 4.51. The minimum Gasteiger partial charge on any atom is -0.462 e. The maximum Gasteiger partial charge on any atom is 0.338 e. The van der Waals surface area contributed by atoms with E-state index in [1.54, 1.807) is 0 Å². The zero-order valence-corrected chi connectivity index (χ0v) is 14.3. The van der Waals surface area contributed by atoms with E-state index in [4.69, 9.17) is 4.74 Å². The van der Waals surface area contributed by atoms with E-state index >= 15 is 0 Å². The van der Waals surface area contributed by atoms with Gasteiger partial charge in [-0.3, -0.25) is 0 Å². The summed E-state index contributed by atoms with van der Waals surface area (Å²) in [5, 5.41) is 2.46. The first-order valence-corrected chi connectivity index (χ1v) is 8.26. The average Bonchev–Trinajstić information content (AvgIpc) is 2.82.